The van der Waals surface area contributed by atoms with Gasteiger partial charge in [0.25, 0.3) is 0 Å². The Morgan fingerprint density at radius 2 is 2.00 bits per heavy atom. The second kappa shape index (κ2) is 8.11. The van der Waals surface area contributed by atoms with Gasteiger partial charge in [-0.1, -0.05) is 23.7 Å². The monoisotopic (exact) mass is 376 g/mol. The molecular weight excluding hydrogens is 360 g/mol. The van der Waals surface area contributed by atoms with Gasteiger partial charge in [0, 0.05) is 24.4 Å². The van der Waals surface area contributed by atoms with Crippen LogP contribution >= 0.6 is 23.8 Å². The predicted molar refractivity (Wildman–Crippen MR) is 102 cm³/mol. The quantitative estimate of drug-likeness (QED) is 0.644. The fourth-order valence-corrected chi connectivity index (χ4v) is 2.55. The lowest BCUT2D eigenvalue weighted by Gasteiger charge is -2.06. The molecule has 0 amide bonds. The van der Waals surface area contributed by atoms with E-state index in [1.54, 1.807) is 24.2 Å². The van der Waals surface area contributed by atoms with Crippen LogP contribution in [0.2, 0.25) is 5.02 Å². The smallest absolute Gasteiger partial charge is 0.176 e. The molecule has 0 spiro atoms. The lowest BCUT2D eigenvalue weighted by atomic mass is 10.2. The molecule has 1 aromatic carbocycles. The topological polar surface area (TPSA) is 68.9 Å². The third-order valence-electron chi connectivity index (χ3n) is 3.29. The first-order chi connectivity index (χ1) is 12.1. The van der Waals surface area contributed by atoms with Gasteiger partial charge in [0.15, 0.2) is 10.9 Å². The average molecular weight is 377 g/mol. The van der Waals surface area contributed by atoms with Crippen molar-refractivity contribution in [2.75, 3.05) is 17.7 Å². The maximum Gasteiger partial charge on any atom is 0.176 e. The summed E-state index contributed by atoms with van der Waals surface area (Å²) in [5, 5.41) is 15.8. The Kier molecular flexibility index (Phi) is 5.64. The van der Waals surface area contributed by atoms with Crippen molar-refractivity contribution in [2.24, 2.45) is 0 Å². The lowest BCUT2D eigenvalue weighted by Crippen LogP contribution is -2.19. The second-order valence-corrected chi connectivity index (χ2v) is 6.14. The summed E-state index contributed by atoms with van der Waals surface area (Å²) in [7, 11) is 1.61. The van der Waals surface area contributed by atoms with Crippen LogP contribution in [0.4, 0.5) is 11.5 Å². The largest absolute Gasteiger partial charge is 0.362 e. The van der Waals surface area contributed by atoms with E-state index in [9.17, 15) is 0 Å². The van der Waals surface area contributed by atoms with Crippen LogP contribution in [0.5, 0.6) is 0 Å². The zero-order valence-corrected chi connectivity index (χ0v) is 15.1. The molecule has 2 aromatic heterocycles. The van der Waals surface area contributed by atoms with E-state index in [1.807, 2.05) is 41.2 Å². The van der Waals surface area contributed by atoms with Crippen LogP contribution in [0.1, 0.15) is 5.56 Å². The Hall–Kier alpha value is -2.42. The summed E-state index contributed by atoms with van der Waals surface area (Å²) >= 11 is 11.2. The van der Waals surface area contributed by atoms with Gasteiger partial charge >= 0.3 is 0 Å². The Balaban J connectivity index is 1.54. The van der Waals surface area contributed by atoms with Gasteiger partial charge in [-0.05, 0) is 29.9 Å². The lowest BCUT2D eigenvalue weighted by molar-refractivity contribution is 0.120. The minimum Gasteiger partial charge on any atom is -0.362 e. The van der Waals surface area contributed by atoms with Gasteiger partial charge in [0.2, 0.25) is 0 Å². The first kappa shape index (κ1) is 17.4. The number of nitrogens with one attached hydrogen (secondary N) is 2. The molecule has 0 unspecified atom stereocenters. The maximum absolute atomic E-state index is 5.89. The van der Waals surface area contributed by atoms with Gasteiger partial charge in [0.05, 0.1) is 24.6 Å². The number of aromatic nitrogens is 4. The van der Waals surface area contributed by atoms with Gasteiger partial charge in [-0.15, -0.1) is 0 Å². The molecule has 0 saturated carbocycles. The van der Waals surface area contributed by atoms with Crippen LogP contribution in [-0.4, -0.2) is 31.8 Å². The van der Waals surface area contributed by atoms with E-state index in [0.29, 0.717) is 24.2 Å². The standard InChI is InChI=1S/C16H17ClN6OS/c1-24-11-23-10-14(8-18-23)19-16(25)20-15-6-7-22(21-15)9-12-2-4-13(17)5-3-12/h2-8,10H,9,11H2,1H3,(H2,19,20,21,25). The molecule has 0 saturated heterocycles. The maximum atomic E-state index is 5.89. The summed E-state index contributed by atoms with van der Waals surface area (Å²) in [5.74, 6) is 0.663. The normalized spacial score (nSPS) is 10.6. The Morgan fingerprint density at radius 3 is 2.76 bits per heavy atom. The number of thiocarbonyl (C=S) groups is 1. The molecule has 0 fully saturated rings. The van der Waals surface area contributed by atoms with Crippen molar-refractivity contribution in [3.8, 4) is 0 Å². The van der Waals surface area contributed by atoms with Crippen LogP contribution < -0.4 is 10.6 Å². The number of anilines is 2. The van der Waals surface area contributed by atoms with E-state index >= 15 is 0 Å². The van der Waals surface area contributed by atoms with Gasteiger partial charge in [0.1, 0.15) is 6.73 Å². The number of rotatable bonds is 6. The zero-order valence-electron chi connectivity index (χ0n) is 13.5. The molecule has 0 radical (unpaired) electrons. The fourth-order valence-electron chi connectivity index (χ4n) is 2.20. The molecular formula is C16H17ClN6OS. The van der Waals surface area contributed by atoms with Crippen molar-refractivity contribution in [3.63, 3.8) is 0 Å². The van der Waals surface area contributed by atoms with Gasteiger partial charge < -0.3 is 15.4 Å². The highest BCUT2D eigenvalue weighted by molar-refractivity contribution is 7.80. The van der Waals surface area contributed by atoms with Crippen LogP contribution in [0.25, 0.3) is 0 Å². The van der Waals surface area contributed by atoms with E-state index in [0.717, 1.165) is 16.3 Å². The highest BCUT2D eigenvalue weighted by Crippen LogP contribution is 2.12. The Bertz CT molecular complexity index is 844. The van der Waals surface area contributed by atoms with Gasteiger partial charge in [-0.3, -0.25) is 4.68 Å². The molecule has 0 atom stereocenters. The highest BCUT2D eigenvalue weighted by atomic mass is 35.5. The number of nitrogens with zero attached hydrogens (tertiary/aromatic N) is 4. The average Bonchev–Trinajstić information content (AvgIpc) is 3.20. The summed E-state index contributed by atoms with van der Waals surface area (Å²) < 4.78 is 8.49. The van der Waals surface area contributed by atoms with E-state index in [-0.39, 0.29) is 0 Å². The number of hydrogen-bond acceptors (Lipinski definition) is 4. The van der Waals surface area contributed by atoms with Gasteiger partial charge in [-0.2, -0.15) is 10.2 Å². The van der Waals surface area contributed by atoms with Crippen molar-refractivity contribution < 1.29 is 4.74 Å². The van der Waals surface area contributed by atoms with E-state index in [2.05, 4.69) is 20.8 Å². The van der Waals surface area contributed by atoms with Crippen molar-refractivity contribution in [1.82, 2.24) is 19.6 Å². The molecule has 9 heteroatoms. The first-order valence-corrected chi connectivity index (χ1v) is 8.28. The molecule has 0 aliphatic rings. The summed E-state index contributed by atoms with van der Waals surface area (Å²) in [4.78, 5) is 0. The third kappa shape index (κ3) is 5.02. The molecule has 0 bridgehead atoms. The van der Waals surface area contributed by atoms with Crippen molar-refractivity contribution in [1.29, 1.82) is 0 Å². The second-order valence-electron chi connectivity index (χ2n) is 5.29. The number of hydrogen-bond donors (Lipinski definition) is 2. The molecule has 25 heavy (non-hydrogen) atoms. The summed E-state index contributed by atoms with van der Waals surface area (Å²) in [6, 6.07) is 9.53. The summed E-state index contributed by atoms with van der Waals surface area (Å²) in [6.07, 6.45) is 5.36. The molecule has 2 N–H and O–H groups in total. The van der Waals surface area contributed by atoms with Crippen LogP contribution in [0, 0.1) is 0 Å². The number of methoxy groups -OCH3 is 1. The molecule has 0 aliphatic heterocycles. The summed E-state index contributed by atoms with van der Waals surface area (Å²) in [6.45, 7) is 1.04. The summed E-state index contributed by atoms with van der Waals surface area (Å²) in [5.41, 5.74) is 1.89. The number of ether oxygens (including phenoxy) is 1. The van der Waals surface area contributed by atoms with Crippen LogP contribution in [-0.2, 0) is 18.0 Å². The Labute approximate surface area is 155 Å². The van der Waals surface area contributed by atoms with Crippen molar-refractivity contribution in [3.05, 3.63) is 59.5 Å². The van der Waals surface area contributed by atoms with E-state index in [1.165, 1.54) is 0 Å². The highest BCUT2D eigenvalue weighted by Gasteiger charge is 2.05. The molecule has 7 nitrogen and oxygen atoms in total. The number of benzene rings is 1. The van der Waals surface area contributed by atoms with Crippen molar-refractivity contribution >= 4 is 40.4 Å². The van der Waals surface area contributed by atoms with Gasteiger partial charge in [-0.25, -0.2) is 4.68 Å². The first-order valence-electron chi connectivity index (χ1n) is 7.49. The molecule has 0 aliphatic carbocycles. The molecule has 3 aromatic rings. The third-order valence-corrected chi connectivity index (χ3v) is 3.75. The van der Waals surface area contributed by atoms with Crippen LogP contribution in [0.3, 0.4) is 0 Å². The Morgan fingerprint density at radius 1 is 1.20 bits per heavy atom. The van der Waals surface area contributed by atoms with E-state index in [4.69, 9.17) is 28.6 Å². The van der Waals surface area contributed by atoms with Crippen molar-refractivity contribution in [2.45, 2.75) is 13.3 Å². The molecule has 3 rings (SSSR count). The number of halogens is 1. The zero-order chi connectivity index (χ0) is 17.6. The van der Waals surface area contributed by atoms with Crippen LogP contribution in [0.15, 0.2) is 48.9 Å². The SMILES string of the molecule is COCn1cc(NC(=S)Nc2ccn(Cc3ccc(Cl)cc3)n2)cn1. The molecule has 130 valence electrons. The minimum atomic E-state index is 0.386. The predicted octanol–water partition coefficient (Wildman–Crippen LogP) is 3.19. The van der Waals surface area contributed by atoms with E-state index < -0.39 is 0 Å². The molecule has 2 heterocycles. The fraction of sp³-hybridized carbons (Fsp3) is 0.188. The minimum absolute atomic E-state index is 0.386.